The first-order valence-electron chi connectivity index (χ1n) is 6.65. The SMILES string of the molecule is CCC(N)C(SC1CCOC1C)c1cccnc1. The minimum atomic E-state index is 0.173. The Balaban J connectivity index is 2.10. The molecule has 1 saturated heterocycles. The predicted molar refractivity (Wildman–Crippen MR) is 76.7 cm³/mol. The van der Waals surface area contributed by atoms with Gasteiger partial charge in [-0.2, -0.15) is 0 Å². The van der Waals surface area contributed by atoms with Crippen molar-refractivity contribution >= 4 is 11.8 Å². The molecule has 2 heterocycles. The Morgan fingerprint density at radius 1 is 1.61 bits per heavy atom. The molecule has 1 aromatic heterocycles. The van der Waals surface area contributed by atoms with E-state index >= 15 is 0 Å². The maximum Gasteiger partial charge on any atom is 0.0666 e. The van der Waals surface area contributed by atoms with Crippen molar-refractivity contribution in [1.82, 2.24) is 4.98 Å². The summed E-state index contributed by atoms with van der Waals surface area (Å²) < 4.78 is 5.64. The van der Waals surface area contributed by atoms with E-state index < -0.39 is 0 Å². The second-order valence-corrected chi connectivity index (χ2v) is 6.20. The number of nitrogens with zero attached hydrogens (tertiary/aromatic N) is 1. The van der Waals surface area contributed by atoms with E-state index in [9.17, 15) is 0 Å². The Hall–Kier alpha value is -0.580. The van der Waals surface area contributed by atoms with Crippen molar-refractivity contribution in [3.05, 3.63) is 30.1 Å². The highest BCUT2D eigenvalue weighted by Crippen LogP contribution is 2.40. The Labute approximate surface area is 114 Å². The molecule has 1 aliphatic rings. The van der Waals surface area contributed by atoms with E-state index in [1.165, 1.54) is 5.56 Å². The molecule has 0 spiro atoms. The van der Waals surface area contributed by atoms with Crippen molar-refractivity contribution in [2.24, 2.45) is 5.73 Å². The summed E-state index contributed by atoms with van der Waals surface area (Å²) >= 11 is 1.96. The number of pyridine rings is 1. The van der Waals surface area contributed by atoms with Crippen molar-refractivity contribution < 1.29 is 4.74 Å². The smallest absolute Gasteiger partial charge is 0.0666 e. The molecule has 4 atom stereocenters. The maximum absolute atomic E-state index is 6.28. The Morgan fingerprint density at radius 3 is 3.00 bits per heavy atom. The predicted octanol–water partition coefficient (Wildman–Crippen LogP) is 2.77. The van der Waals surface area contributed by atoms with Crippen LogP contribution in [0.3, 0.4) is 0 Å². The van der Waals surface area contributed by atoms with Crippen LogP contribution in [0, 0.1) is 0 Å². The molecule has 0 aromatic carbocycles. The topological polar surface area (TPSA) is 48.1 Å². The summed E-state index contributed by atoms with van der Waals surface area (Å²) in [6.07, 6.45) is 6.18. The van der Waals surface area contributed by atoms with Crippen LogP contribution in [0.15, 0.2) is 24.5 Å². The lowest BCUT2D eigenvalue weighted by atomic mass is 10.1. The minimum absolute atomic E-state index is 0.173. The summed E-state index contributed by atoms with van der Waals surface area (Å²) in [4.78, 5) is 4.22. The number of hydrogen-bond donors (Lipinski definition) is 1. The first-order valence-corrected chi connectivity index (χ1v) is 7.59. The molecule has 100 valence electrons. The lowest BCUT2D eigenvalue weighted by molar-refractivity contribution is 0.127. The monoisotopic (exact) mass is 266 g/mol. The highest BCUT2D eigenvalue weighted by Gasteiger charge is 2.30. The molecule has 1 fully saturated rings. The molecule has 0 amide bonds. The lowest BCUT2D eigenvalue weighted by Gasteiger charge is -2.26. The van der Waals surface area contributed by atoms with Crippen LogP contribution in [-0.4, -0.2) is 29.0 Å². The molecule has 2 N–H and O–H groups in total. The van der Waals surface area contributed by atoms with E-state index in [0.29, 0.717) is 16.6 Å². The van der Waals surface area contributed by atoms with Gasteiger partial charge in [0.15, 0.2) is 0 Å². The Kier molecular flexibility index (Phi) is 5.03. The third-order valence-corrected chi connectivity index (χ3v) is 5.38. The summed E-state index contributed by atoms with van der Waals surface area (Å²) in [5, 5.41) is 0.866. The van der Waals surface area contributed by atoms with Gasteiger partial charge in [0.25, 0.3) is 0 Å². The molecule has 4 unspecified atom stereocenters. The number of aromatic nitrogens is 1. The number of rotatable bonds is 5. The fourth-order valence-electron chi connectivity index (χ4n) is 2.26. The third kappa shape index (κ3) is 3.25. The molecule has 3 nitrogen and oxygen atoms in total. The summed E-state index contributed by atoms with van der Waals surface area (Å²) in [6, 6.07) is 4.28. The zero-order valence-electron chi connectivity index (χ0n) is 11.1. The first kappa shape index (κ1) is 13.8. The van der Waals surface area contributed by atoms with Crippen molar-refractivity contribution in [1.29, 1.82) is 0 Å². The Morgan fingerprint density at radius 2 is 2.44 bits per heavy atom. The lowest BCUT2D eigenvalue weighted by Crippen LogP contribution is -2.28. The molecule has 2 rings (SSSR count). The average Bonchev–Trinajstić information content (AvgIpc) is 2.81. The van der Waals surface area contributed by atoms with Gasteiger partial charge in [0.2, 0.25) is 0 Å². The van der Waals surface area contributed by atoms with Crippen molar-refractivity contribution in [2.75, 3.05) is 6.61 Å². The van der Waals surface area contributed by atoms with Crippen LogP contribution < -0.4 is 5.73 Å². The zero-order valence-corrected chi connectivity index (χ0v) is 11.9. The van der Waals surface area contributed by atoms with E-state index in [4.69, 9.17) is 10.5 Å². The van der Waals surface area contributed by atoms with Gasteiger partial charge in [-0.15, -0.1) is 11.8 Å². The number of thioether (sulfide) groups is 1. The van der Waals surface area contributed by atoms with Gasteiger partial charge in [-0.1, -0.05) is 13.0 Å². The van der Waals surface area contributed by atoms with Gasteiger partial charge < -0.3 is 10.5 Å². The van der Waals surface area contributed by atoms with E-state index in [1.54, 1.807) is 0 Å². The maximum atomic E-state index is 6.28. The molecule has 18 heavy (non-hydrogen) atoms. The largest absolute Gasteiger partial charge is 0.377 e. The van der Waals surface area contributed by atoms with Crippen molar-refractivity contribution in [3.8, 4) is 0 Å². The summed E-state index contributed by atoms with van der Waals surface area (Å²) in [5.41, 5.74) is 7.52. The third-order valence-electron chi connectivity index (χ3n) is 3.50. The van der Waals surface area contributed by atoms with Crippen LogP contribution in [0.1, 0.15) is 37.5 Å². The molecule has 0 aliphatic carbocycles. The molecule has 4 heteroatoms. The highest BCUT2D eigenvalue weighted by atomic mass is 32.2. The van der Waals surface area contributed by atoms with Crippen LogP contribution in [0.4, 0.5) is 0 Å². The van der Waals surface area contributed by atoms with E-state index in [2.05, 4.69) is 24.9 Å². The van der Waals surface area contributed by atoms with E-state index in [0.717, 1.165) is 19.4 Å². The van der Waals surface area contributed by atoms with Crippen LogP contribution in [-0.2, 0) is 4.74 Å². The van der Waals surface area contributed by atoms with E-state index in [-0.39, 0.29) is 6.04 Å². The Bertz CT molecular complexity index is 360. The second-order valence-electron chi connectivity index (χ2n) is 4.82. The van der Waals surface area contributed by atoms with Gasteiger partial charge in [-0.05, 0) is 31.4 Å². The molecule has 0 radical (unpaired) electrons. The van der Waals surface area contributed by atoms with Gasteiger partial charge in [0, 0.05) is 35.5 Å². The fourth-order valence-corrected chi connectivity index (χ4v) is 3.86. The molecular weight excluding hydrogens is 244 g/mol. The summed E-state index contributed by atoms with van der Waals surface area (Å²) in [7, 11) is 0. The molecule has 0 bridgehead atoms. The van der Waals surface area contributed by atoms with Crippen LogP contribution in [0.2, 0.25) is 0 Å². The molecule has 0 saturated carbocycles. The van der Waals surface area contributed by atoms with Gasteiger partial charge in [0.1, 0.15) is 0 Å². The number of hydrogen-bond acceptors (Lipinski definition) is 4. The fraction of sp³-hybridized carbons (Fsp3) is 0.643. The summed E-state index contributed by atoms with van der Waals surface area (Å²) in [6.45, 7) is 5.17. The van der Waals surface area contributed by atoms with Gasteiger partial charge >= 0.3 is 0 Å². The number of nitrogens with two attached hydrogens (primary N) is 1. The van der Waals surface area contributed by atoms with E-state index in [1.807, 2.05) is 30.2 Å². The number of ether oxygens (including phenoxy) is 1. The van der Waals surface area contributed by atoms with Crippen molar-refractivity contribution in [2.45, 2.75) is 49.3 Å². The van der Waals surface area contributed by atoms with Crippen LogP contribution in [0.5, 0.6) is 0 Å². The normalized spacial score (nSPS) is 27.1. The molecule has 1 aromatic rings. The van der Waals surface area contributed by atoms with Gasteiger partial charge in [0.05, 0.1) is 6.10 Å². The van der Waals surface area contributed by atoms with Crippen LogP contribution in [0.25, 0.3) is 0 Å². The highest BCUT2D eigenvalue weighted by molar-refractivity contribution is 8.00. The standard InChI is InChI=1S/C14H22N2OS/c1-3-12(15)14(11-5-4-7-16-9-11)18-13-6-8-17-10(13)2/h4-5,7,9-10,12-14H,3,6,8,15H2,1-2H3. The first-order chi connectivity index (χ1) is 8.72. The summed E-state index contributed by atoms with van der Waals surface area (Å²) in [5.74, 6) is 0. The molecule has 1 aliphatic heterocycles. The molecular formula is C14H22N2OS. The quantitative estimate of drug-likeness (QED) is 0.890. The minimum Gasteiger partial charge on any atom is -0.377 e. The van der Waals surface area contributed by atoms with Crippen molar-refractivity contribution in [3.63, 3.8) is 0 Å². The zero-order chi connectivity index (χ0) is 13.0. The van der Waals surface area contributed by atoms with Crippen LogP contribution >= 0.6 is 11.8 Å². The van der Waals surface area contributed by atoms with Gasteiger partial charge in [-0.3, -0.25) is 4.98 Å². The second kappa shape index (κ2) is 6.55. The van der Waals surface area contributed by atoms with Gasteiger partial charge in [-0.25, -0.2) is 0 Å². The average molecular weight is 266 g/mol.